The van der Waals surface area contributed by atoms with Gasteiger partial charge in [0.2, 0.25) is 5.91 Å². The van der Waals surface area contributed by atoms with E-state index in [-0.39, 0.29) is 11.8 Å². The predicted molar refractivity (Wildman–Crippen MR) is 81.9 cm³/mol. The second-order valence-corrected chi connectivity index (χ2v) is 5.99. The molecule has 20 heavy (non-hydrogen) atoms. The largest absolute Gasteiger partial charge is 0.341 e. The number of halogens is 2. The summed E-state index contributed by atoms with van der Waals surface area (Å²) in [6.07, 6.45) is 0.789. The highest BCUT2D eigenvalue weighted by Gasteiger charge is 2.23. The summed E-state index contributed by atoms with van der Waals surface area (Å²) in [5, 5.41) is 0.435. The third-order valence-electron chi connectivity index (χ3n) is 3.41. The molecule has 0 aliphatic carbocycles. The highest BCUT2D eigenvalue weighted by molar-refractivity contribution is 9.10. The molecule has 0 saturated carbocycles. The minimum atomic E-state index is -0.0818. The molecule has 0 bridgehead atoms. The quantitative estimate of drug-likeness (QED) is 0.773. The normalized spacial score (nSPS) is 15.9. The molecule has 0 unspecified atom stereocenters. The number of carbonyl (C=O) groups excluding carboxylic acids is 2. The summed E-state index contributed by atoms with van der Waals surface area (Å²) in [6.45, 7) is 4.02. The van der Waals surface area contributed by atoms with E-state index in [2.05, 4.69) is 15.9 Å². The van der Waals surface area contributed by atoms with Crippen LogP contribution in [0.3, 0.4) is 0 Å². The lowest BCUT2D eigenvalue weighted by atomic mass is 10.2. The average molecular weight is 360 g/mol. The van der Waals surface area contributed by atoms with Crippen LogP contribution in [0.15, 0.2) is 22.7 Å². The molecule has 0 N–H and O–H groups in total. The van der Waals surface area contributed by atoms with Gasteiger partial charge in [0.15, 0.2) is 0 Å². The third kappa shape index (κ3) is 3.33. The monoisotopic (exact) mass is 358 g/mol. The van der Waals surface area contributed by atoms with Gasteiger partial charge in [0, 0.05) is 37.6 Å². The van der Waals surface area contributed by atoms with Crippen LogP contribution < -0.4 is 0 Å². The first-order chi connectivity index (χ1) is 9.50. The second kappa shape index (κ2) is 6.59. The van der Waals surface area contributed by atoms with Gasteiger partial charge in [0.1, 0.15) is 0 Å². The molecule has 1 aromatic carbocycles. The molecule has 0 spiro atoms. The summed E-state index contributed by atoms with van der Waals surface area (Å²) in [7, 11) is 0. The molecular formula is C14H16BrClN2O2. The Balaban J connectivity index is 2.13. The van der Waals surface area contributed by atoms with Crippen molar-refractivity contribution < 1.29 is 9.59 Å². The van der Waals surface area contributed by atoms with Gasteiger partial charge in [-0.15, -0.1) is 0 Å². The fourth-order valence-electron chi connectivity index (χ4n) is 2.27. The first-order valence-electron chi connectivity index (χ1n) is 6.49. The summed E-state index contributed by atoms with van der Waals surface area (Å²) in [5.41, 5.74) is 0.498. The second-order valence-electron chi connectivity index (χ2n) is 4.75. The van der Waals surface area contributed by atoms with Crippen molar-refractivity contribution in [2.45, 2.75) is 13.3 Å². The van der Waals surface area contributed by atoms with Gasteiger partial charge in [-0.3, -0.25) is 9.59 Å². The SMILES string of the molecule is CC(=O)N1CCCN(C(=O)c2cccc(Br)c2Cl)CC1. The number of carbonyl (C=O) groups is 2. The van der Waals surface area contributed by atoms with Gasteiger partial charge < -0.3 is 9.80 Å². The molecule has 0 radical (unpaired) electrons. The van der Waals surface area contributed by atoms with Crippen molar-refractivity contribution in [1.82, 2.24) is 9.80 Å². The van der Waals surface area contributed by atoms with Crippen LogP contribution in [-0.4, -0.2) is 47.8 Å². The summed E-state index contributed by atoms with van der Waals surface area (Å²) < 4.78 is 0.713. The number of hydrogen-bond donors (Lipinski definition) is 0. The summed E-state index contributed by atoms with van der Waals surface area (Å²) >= 11 is 9.50. The van der Waals surface area contributed by atoms with Crippen molar-refractivity contribution >= 4 is 39.3 Å². The smallest absolute Gasteiger partial charge is 0.255 e. The van der Waals surface area contributed by atoms with Crippen molar-refractivity contribution in [2.24, 2.45) is 0 Å². The Morgan fingerprint density at radius 3 is 2.50 bits per heavy atom. The van der Waals surface area contributed by atoms with Gasteiger partial charge in [-0.2, -0.15) is 0 Å². The number of benzene rings is 1. The fourth-order valence-corrected chi connectivity index (χ4v) is 2.85. The maximum Gasteiger partial charge on any atom is 0.255 e. The van der Waals surface area contributed by atoms with Crippen LogP contribution in [-0.2, 0) is 4.79 Å². The molecule has 108 valence electrons. The summed E-state index contributed by atoms with van der Waals surface area (Å²) in [6, 6.07) is 5.32. The standard InChI is InChI=1S/C14H16BrClN2O2/c1-10(19)17-6-3-7-18(9-8-17)14(20)11-4-2-5-12(15)13(11)16/h2,4-5H,3,6-9H2,1H3. The summed E-state index contributed by atoms with van der Waals surface area (Å²) in [5.74, 6) is -0.0264. The van der Waals surface area contributed by atoms with Crippen LogP contribution in [0, 0.1) is 0 Å². The maximum atomic E-state index is 12.5. The zero-order valence-corrected chi connectivity index (χ0v) is 13.6. The average Bonchev–Trinajstić information content (AvgIpc) is 2.67. The third-order valence-corrected chi connectivity index (χ3v) is 4.71. The fraction of sp³-hybridized carbons (Fsp3) is 0.429. The van der Waals surface area contributed by atoms with Crippen LogP contribution in [0.1, 0.15) is 23.7 Å². The van der Waals surface area contributed by atoms with Crippen molar-refractivity contribution in [1.29, 1.82) is 0 Å². The van der Waals surface area contributed by atoms with Crippen LogP contribution in [0.25, 0.3) is 0 Å². The Kier molecular flexibility index (Phi) is 5.05. The van der Waals surface area contributed by atoms with E-state index < -0.39 is 0 Å². The molecule has 1 aliphatic heterocycles. The highest BCUT2D eigenvalue weighted by atomic mass is 79.9. The minimum absolute atomic E-state index is 0.0554. The van der Waals surface area contributed by atoms with Crippen molar-refractivity contribution in [2.75, 3.05) is 26.2 Å². The predicted octanol–water partition coefficient (Wildman–Crippen LogP) is 2.80. The van der Waals surface area contributed by atoms with Crippen molar-refractivity contribution in [3.63, 3.8) is 0 Å². The Hall–Kier alpha value is -1.07. The van der Waals surface area contributed by atoms with E-state index >= 15 is 0 Å². The Morgan fingerprint density at radius 2 is 1.80 bits per heavy atom. The first-order valence-corrected chi connectivity index (χ1v) is 7.66. The van der Waals surface area contributed by atoms with Crippen molar-refractivity contribution in [3.05, 3.63) is 33.3 Å². The van der Waals surface area contributed by atoms with Crippen LogP contribution in [0.2, 0.25) is 5.02 Å². The van der Waals surface area contributed by atoms with E-state index in [1.54, 1.807) is 34.9 Å². The maximum absolute atomic E-state index is 12.5. The Morgan fingerprint density at radius 1 is 1.15 bits per heavy atom. The number of hydrogen-bond acceptors (Lipinski definition) is 2. The zero-order valence-electron chi connectivity index (χ0n) is 11.2. The minimum Gasteiger partial charge on any atom is -0.341 e. The molecular weight excluding hydrogens is 344 g/mol. The molecule has 2 amide bonds. The van der Waals surface area contributed by atoms with E-state index in [0.717, 1.165) is 6.42 Å². The van der Waals surface area contributed by atoms with Gasteiger partial charge in [0.05, 0.1) is 10.6 Å². The molecule has 1 heterocycles. The first kappa shape index (κ1) is 15.3. The molecule has 2 rings (SSSR count). The zero-order chi connectivity index (χ0) is 14.7. The van der Waals surface area contributed by atoms with Crippen LogP contribution >= 0.6 is 27.5 Å². The van der Waals surface area contributed by atoms with Gasteiger partial charge in [-0.25, -0.2) is 0 Å². The lowest BCUT2D eigenvalue weighted by Gasteiger charge is -2.22. The Labute approximate surface area is 131 Å². The van der Waals surface area contributed by atoms with Gasteiger partial charge >= 0.3 is 0 Å². The number of rotatable bonds is 1. The van der Waals surface area contributed by atoms with E-state index in [4.69, 9.17) is 11.6 Å². The van der Waals surface area contributed by atoms with E-state index in [1.165, 1.54) is 0 Å². The van der Waals surface area contributed by atoms with Crippen molar-refractivity contribution in [3.8, 4) is 0 Å². The summed E-state index contributed by atoms with van der Waals surface area (Å²) in [4.78, 5) is 27.4. The topological polar surface area (TPSA) is 40.6 Å². The highest BCUT2D eigenvalue weighted by Crippen LogP contribution is 2.27. The molecule has 1 aliphatic rings. The Bertz CT molecular complexity index is 536. The van der Waals surface area contributed by atoms with E-state index in [0.29, 0.717) is 41.2 Å². The lowest BCUT2D eigenvalue weighted by molar-refractivity contribution is -0.128. The van der Waals surface area contributed by atoms with Gasteiger partial charge in [-0.1, -0.05) is 17.7 Å². The molecule has 6 heteroatoms. The van der Waals surface area contributed by atoms with Crippen LogP contribution in [0.4, 0.5) is 0 Å². The van der Waals surface area contributed by atoms with E-state index in [1.807, 2.05) is 0 Å². The molecule has 1 saturated heterocycles. The molecule has 1 aromatic rings. The molecule has 0 aromatic heterocycles. The molecule has 4 nitrogen and oxygen atoms in total. The lowest BCUT2D eigenvalue weighted by Crippen LogP contribution is -2.36. The number of nitrogens with zero attached hydrogens (tertiary/aromatic N) is 2. The number of amides is 2. The molecule has 1 fully saturated rings. The van der Waals surface area contributed by atoms with E-state index in [9.17, 15) is 9.59 Å². The van der Waals surface area contributed by atoms with Gasteiger partial charge in [-0.05, 0) is 34.5 Å². The van der Waals surface area contributed by atoms with Crippen LogP contribution in [0.5, 0.6) is 0 Å². The molecule has 0 atom stereocenters. The van der Waals surface area contributed by atoms with Gasteiger partial charge in [0.25, 0.3) is 5.91 Å².